The molecule has 0 spiro atoms. The fourth-order valence-corrected chi connectivity index (χ4v) is 6.25. The summed E-state index contributed by atoms with van der Waals surface area (Å²) in [7, 11) is 0. The Balaban J connectivity index is 1.49. The van der Waals surface area contributed by atoms with Crippen LogP contribution in [0.25, 0.3) is 71.8 Å². The van der Waals surface area contributed by atoms with Gasteiger partial charge in [0, 0.05) is 32.6 Å². The SMILES string of the molecule is c1ccc(-n2c3ccccc3c3c2ccc2c4ccccc4n(-c4nc5ccc6ccccc6n5n4)c23)cc1. The van der Waals surface area contributed by atoms with Gasteiger partial charge in [0.05, 0.1) is 27.6 Å². The molecule has 0 atom stereocenters. The summed E-state index contributed by atoms with van der Waals surface area (Å²) in [5.41, 5.74) is 7.57. The van der Waals surface area contributed by atoms with Gasteiger partial charge in [0.15, 0.2) is 5.65 Å². The number of hydrogen-bond donors (Lipinski definition) is 0. The van der Waals surface area contributed by atoms with Crippen molar-refractivity contribution >= 4 is 60.2 Å². The Bertz CT molecular complexity index is 2390. The molecular formula is C34H21N5. The minimum absolute atomic E-state index is 0.668. The van der Waals surface area contributed by atoms with Crippen LogP contribution in [0.1, 0.15) is 0 Å². The summed E-state index contributed by atoms with van der Waals surface area (Å²) in [6.07, 6.45) is 0. The maximum Gasteiger partial charge on any atom is 0.254 e. The molecule has 4 aromatic heterocycles. The van der Waals surface area contributed by atoms with E-state index in [1.807, 2.05) is 16.6 Å². The monoisotopic (exact) mass is 499 g/mol. The first-order chi connectivity index (χ1) is 19.4. The van der Waals surface area contributed by atoms with Crippen molar-refractivity contribution in [2.45, 2.75) is 0 Å². The number of para-hydroxylation sites is 4. The third-order valence-electron chi connectivity index (χ3n) is 7.88. The Labute approximate surface area is 222 Å². The molecule has 5 aromatic carbocycles. The number of fused-ring (bicyclic) bond motifs is 10. The maximum absolute atomic E-state index is 5.10. The predicted molar refractivity (Wildman–Crippen MR) is 159 cm³/mol. The lowest BCUT2D eigenvalue weighted by atomic mass is 10.1. The van der Waals surface area contributed by atoms with E-state index in [9.17, 15) is 0 Å². The molecule has 9 aromatic rings. The molecule has 0 aliphatic carbocycles. The van der Waals surface area contributed by atoms with Crippen LogP contribution in [0, 0.1) is 0 Å². The molecule has 0 aliphatic rings. The van der Waals surface area contributed by atoms with Crippen LogP contribution in [0.15, 0.2) is 127 Å². The second kappa shape index (κ2) is 7.55. The Hall–Kier alpha value is -5.42. The summed E-state index contributed by atoms with van der Waals surface area (Å²) in [6, 6.07) is 44.8. The van der Waals surface area contributed by atoms with Crippen molar-refractivity contribution in [1.82, 2.24) is 23.7 Å². The van der Waals surface area contributed by atoms with Crippen molar-refractivity contribution < 1.29 is 0 Å². The van der Waals surface area contributed by atoms with Gasteiger partial charge >= 0.3 is 0 Å². The molecule has 0 unspecified atom stereocenters. The molecule has 4 heterocycles. The van der Waals surface area contributed by atoms with Crippen molar-refractivity contribution in [3.05, 3.63) is 127 Å². The van der Waals surface area contributed by atoms with Gasteiger partial charge in [-0.25, -0.2) is 4.52 Å². The van der Waals surface area contributed by atoms with E-state index in [0.717, 1.165) is 38.8 Å². The summed E-state index contributed by atoms with van der Waals surface area (Å²) < 4.78 is 6.56. The number of aromatic nitrogens is 5. The second-order valence-electron chi connectivity index (χ2n) is 9.97. The van der Waals surface area contributed by atoms with Crippen LogP contribution >= 0.6 is 0 Å². The summed E-state index contributed by atoms with van der Waals surface area (Å²) >= 11 is 0. The highest BCUT2D eigenvalue weighted by Crippen LogP contribution is 2.41. The standard InChI is InChI=1S/C34H21N5/c1-2-11-23(12-3-1)37-29-17-9-6-14-26(29)32-30(37)20-19-25-24-13-5-8-16-28(24)38(33(25)32)34-35-31-21-18-22-10-4-7-15-27(22)39(31)36-34/h1-21H. The lowest BCUT2D eigenvalue weighted by molar-refractivity contribution is 0.943. The lowest BCUT2D eigenvalue weighted by Gasteiger charge is -2.08. The normalized spacial score (nSPS) is 12.1. The average Bonchev–Trinajstić information content (AvgIpc) is 3.67. The van der Waals surface area contributed by atoms with Crippen molar-refractivity contribution in [2.24, 2.45) is 0 Å². The quantitative estimate of drug-likeness (QED) is 0.241. The smallest absolute Gasteiger partial charge is 0.254 e. The van der Waals surface area contributed by atoms with Gasteiger partial charge < -0.3 is 4.57 Å². The van der Waals surface area contributed by atoms with Crippen LogP contribution in [-0.4, -0.2) is 23.7 Å². The first-order valence-electron chi connectivity index (χ1n) is 13.1. The van der Waals surface area contributed by atoms with Gasteiger partial charge in [-0.15, -0.1) is 5.10 Å². The molecule has 5 heteroatoms. The highest BCUT2D eigenvalue weighted by Gasteiger charge is 2.22. The van der Waals surface area contributed by atoms with E-state index in [2.05, 4.69) is 124 Å². The average molecular weight is 500 g/mol. The molecule has 5 nitrogen and oxygen atoms in total. The minimum Gasteiger partial charge on any atom is -0.309 e. The largest absolute Gasteiger partial charge is 0.309 e. The molecule has 0 saturated heterocycles. The summed E-state index contributed by atoms with van der Waals surface area (Å²) in [4.78, 5) is 5.07. The van der Waals surface area contributed by atoms with Crippen LogP contribution in [-0.2, 0) is 0 Å². The van der Waals surface area contributed by atoms with E-state index < -0.39 is 0 Å². The molecule has 182 valence electrons. The molecule has 0 aliphatic heterocycles. The third-order valence-corrected chi connectivity index (χ3v) is 7.88. The molecule has 0 radical (unpaired) electrons. The number of pyridine rings is 1. The zero-order valence-electron chi connectivity index (χ0n) is 20.9. The van der Waals surface area contributed by atoms with Gasteiger partial charge in [-0.2, -0.15) is 4.98 Å². The van der Waals surface area contributed by atoms with E-state index in [1.165, 1.54) is 27.1 Å². The van der Waals surface area contributed by atoms with Crippen LogP contribution in [0.5, 0.6) is 0 Å². The number of benzene rings is 5. The molecule has 9 rings (SSSR count). The van der Waals surface area contributed by atoms with Gasteiger partial charge in [-0.1, -0.05) is 78.9 Å². The Morgan fingerprint density at radius 1 is 0.462 bits per heavy atom. The topological polar surface area (TPSA) is 40.0 Å². The fourth-order valence-electron chi connectivity index (χ4n) is 6.25. The Morgan fingerprint density at radius 3 is 2.00 bits per heavy atom. The minimum atomic E-state index is 0.668. The maximum atomic E-state index is 5.10. The van der Waals surface area contributed by atoms with Crippen LogP contribution in [0.2, 0.25) is 0 Å². The van der Waals surface area contributed by atoms with Crippen LogP contribution in [0.3, 0.4) is 0 Å². The van der Waals surface area contributed by atoms with Crippen molar-refractivity contribution in [2.75, 3.05) is 0 Å². The highest BCUT2D eigenvalue weighted by molar-refractivity contribution is 6.26. The van der Waals surface area contributed by atoms with E-state index in [4.69, 9.17) is 10.1 Å². The zero-order valence-corrected chi connectivity index (χ0v) is 20.9. The second-order valence-corrected chi connectivity index (χ2v) is 9.97. The lowest BCUT2D eigenvalue weighted by Crippen LogP contribution is -1.98. The van der Waals surface area contributed by atoms with Gasteiger partial charge in [0.25, 0.3) is 5.95 Å². The Morgan fingerprint density at radius 2 is 1.15 bits per heavy atom. The molecule has 39 heavy (non-hydrogen) atoms. The number of hydrogen-bond acceptors (Lipinski definition) is 2. The molecule has 0 saturated carbocycles. The summed E-state index contributed by atoms with van der Waals surface area (Å²) in [5, 5.41) is 11.0. The van der Waals surface area contributed by atoms with E-state index >= 15 is 0 Å². The number of nitrogens with zero attached hydrogens (tertiary/aromatic N) is 5. The van der Waals surface area contributed by atoms with Crippen molar-refractivity contribution in [3.8, 4) is 11.6 Å². The van der Waals surface area contributed by atoms with E-state index in [-0.39, 0.29) is 0 Å². The molecule has 0 N–H and O–H groups in total. The van der Waals surface area contributed by atoms with Crippen molar-refractivity contribution in [3.63, 3.8) is 0 Å². The first kappa shape index (κ1) is 20.6. The molecular weight excluding hydrogens is 478 g/mol. The molecule has 0 bridgehead atoms. The van der Waals surface area contributed by atoms with Gasteiger partial charge in [0.1, 0.15) is 0 Å². The fraction of sp³-hybridized carbons (Fsp3) is 0. The Kier molecular flexibility index (Phi) is 3.99. The summed E-state index contributed by atoms with van der Waals surface area (Å²) in [5.74, 6) is 0.668. The van der Waals surface area contributed by atoms with E-state index in [1.54, 1.807) is 0 Å². The molecule has 0 fully saturated rings. The van der Waals surface area contributed by atoms with Crippen molar-refractivity contribution in [1.29, 1.82) is 0 Å². The highest BCUT2D eigenvalue weighted by atomic mass is 15.4. The summed E-state index contributed by atoms with van der Waals surface area (Å²) in [6.45, 7) is 0. The first-order valence-corrected chi connectivity index (χ1v) is 13.1. The van der Waals surface area contributed by atoms with Gasteiger partial charge in [-0.3, -0.25) is 4.57 Å². The number of rotatable bonds is 2. The zero-order chi connectivity index (χ0) is 25.5. The van der Waals surface area contributed by atoms with E-state index in [0.29, 0.717) is 5.95 Å². The van der Waals surface area contributed by atoms with Gasteiger partial charge in [0.2, 0.25) is 0 Å². The van der Waals surface area contributed by atoms with Crippen LogP contribution in [0.4, 0.5) is 0 Å². The predicted octanol–water partition coefficient (Wildman–Crippen LogP) is 8.08. The molecule has 0 amide bonds. The third kappa shape index (κ3) is 2.73. The van der Waals surface area contributed by atoms with Gasteiger partial charge in [-0.05, 0) is 48.5 Å². The van der Waals surface area contributed by atoms with Crippen LogP contribution < -0.4 is 0 Å².